The number of hydrazine groups is 1. The molecule has 0 atom stereocenters. The van der Waals surface area contributed by atoms with Crippen LogP contribution in [0.2, 0.25) is 0 Å². The summed E-state index contributed by atoms with van der Waals surface area (Å²) in [5.41, 5.74) is 6.05. The number of carbonyl (C=O) groups is 2. The van der Waals surface area contributed by atoms with Crippen molar-refractivity contribution in [2.24, 2.45) is 7.05 Å². The van der Waals surface area contributed by atoms with Crippen LogP contribution in [0.1, 0.15) is 35.3 Å². The summed E-state index contributed by atoms with van der Waals surface area (Å²) in [7, 11) is 1.78. The minimum Gasteiger partial charge on any atom is -0.345 e. The van der Waals surface area contributed by atoms with Crippen molar-refractivity contribution in [3.05, 3.63) is 58.3 Å². The number of halogens is 1. The van der Waals surface area contributed by atoms with Crippen LogP contribution in [0.25, 0.3) is 0 Å². The van der Waals surface area contributed by atoms with Gasteiger partial charge in [-0.2, -0.15) is 0 Å². The van der Waals surface area contributed by atoms with Crippen LogP contribution in [0.3, 0.4) is 0 Å². The Labute approximate surface area is 143 Å². The van der Waals surface area contributed by atoms with Gasteiger partial charge in [-0.1, -0.05) is 36.8 Å². The van der Waals surface area contributed by atoms with Crippen molar-refractivity contribution in [3.63, 3.8) is 0 Å². The third kappa shape index (κ3) is 2.91. The Balaban J connectivity index is 1.69. The highest BCUT2D eigenvalue weighted by atomic mass is 79.9. The molecular formula is C17H18BrN3O2. The van der Waals surface area contributed by atoms with E-state index in [9.17, 15) is 9.59 Å². The van der Waals surface area contributed by atoms with Gasteiger partial charge >= 0.3 is 0 Å². The lowest BCUT2D eigenvalue weighted by Gasteiger charge is -2.40. The van der Waals surface area contributed by atoms with Crippen molar-refractivity contribution < 1.29 is 9.59 Å². The molecule has 6 heteroatoms. The summed E-state index contributed by atoms with van der Waals surface area (Å²) in [4.78, 5) is 24.8. The van der Waals surface area contributed by atoms with Gasteiger partial charge in [-0.25, -0.2) is 0 Å². The molecule has 1 heterocycles. The second-order valence-corrected chi connectivity index (χ2v) is 6.78. The molecule has 1 saturated carbocycles. The van der Waals surface area contributed by atoms with E-state index >= 15 is 0 Å². The van der Waals surface area contributed by atoms with Crippen LogP contribution in [0, 0.1) is 0 Å². The lowest BCUT2D eigenvalue weighted by Crippen LogP contribution is -2.54. The number of carbonyl (C=O) groups excluding carboxylic acids is 2. The minimum absolute atomic E-state index is 0.156. The normalized spacial score (nSPS) is 15.6. The van der Waals surface area contributed by atoms with E-state index in [1.807, 2.05) is 30.3 Å². The fraction of sp³-hybridized carbons (Fsp3) is 0.294. The quantitative estimate of drug-likeness (QED) is 0.810. The molecule has 1 aromatic carbocycles. The van der Waals surface area contributed by atoms with Gasteiger partial charge in [-0.05, 0) is 40.4 Å². The number of nitrogens with one attached hydrogen (secondary N) is 2. The van der Waals surface area contributed by atoms with Crippen molar-refractivity contribution >= 4 is 27.7 Å². The third-order valence-electron chi connectivity index (χ3n) is 4.46. The Morgan fingerprint density at radius 1 is 1.17 bits per heavy atom. The van der Waals surface area contributed by atoms with E-state index in [4.69, 9.17) is 0 Å². The standard InChI is InChI=1S/C17H18BrN3O2/c1-21-11-13(18)10-14(21)15(22)19-20-16(23)17(8-5-9-17)12-6-3-2-4-7-12/h2-4,6-7,10-11H,5,8-9H2,1H3,(H,19,22)(H,20,23). The molecule has 0 unspecified atom stereocenters. The maximum absolute atomic E-state index is 12.6. The zero-order chi connectivity index (χ0) is 16.4. The molecular weight excluding hydrogens is 358 g/mol. The van der Waals surface area contributed by atoms with Crippen LogP contribution in [-0.2, 0) is 17.3 Å². The summed E-state index contributed by atoms with van der Waals surface area (Å²) in [6.45, 7) is 0. The van der Waals surface area contributed by atoms with E-state index < -0.39 is 5.41 Å². The molecule has 0 radical (unpaired) electrons. The van der Waals surface area contributed by atoms with E-state index in [0.29, 0.717) is 5.69 Å². The number of aryl methyl sites for hydroxylation is 1. The predicted octanol–water partition coefficient (Wildman–Crippen LogP) is 2.67. The van der Waals surface area contributed by atoms with E-state index in [-0.39, 0.29) is 11.8 Å². The van der Waals surface area contributed by atoms with Crippen molar-refractivity contribution in [3.8, 4) is 0 Å². The van der Waals surface area contributed by atoms with Crippen LogP contribution >= 0.6 is 15.9 Å². The summed E-state index contributed by atoms with van der Waals surface area (Å²) in [6.07, 6.45) is 4.40. The minimum atomic E-state index is -0.524. The molecule has 0 aliphatic heterocycles. The second kappa shape index (κ2) is 6.20. The van der Waals surface area contributed by atoms with Crippen LogP contribution in [0.4, 0.5) is 0 Å². The van der Waals surface area contributed by atoms with Crippen molar-refractivity contribution in [1.29, 1.82) is 0 Å². The molecule has 1 aliphatic carbocycles. The summed E-state index contributed by atoms with van der Waals surface area (Å²) in [5.74, 6) is -0.495. The third-order valence-corrected chi connectivity index (χ3v) is 4.90. The van der Waals surface area contributed by atoms with Gasteiger partial charge in [0, 0.05) is 17.7 Å². The van der Waals surface area contributed by atoms with Crippen molar-refractivity contribution in [2.75, 3.05) is 0 Å². The Kier molecular flexibility index (Phi) is 4.26. The summed E-state index contributed by atoms with van der Waals surface area (Å²) in [5, 5.41) is 0. The van der Waals surface area contributed by atoms with Crippen molar-refractivity contribution in [1.82, 2.24) is 15.4 Å². The van der Waals surface area contributed by atoms with E-state index in [0.717, 1.165) is 29.3 Å². The van der Waals surface area contributed by atoms with E-state index in [2.05, 4.69) is 26.8 Å². The van der Waals surface area contributed by atoms with Crippen LogP contribution in [0.15, 0.2) is 47.1 Å². The average molecular weight is 376 g/mol. The molecule has 1 aliphatic rings. The highest BCUT2D eigenvalue weighted by Crippen LogP contribution is 2.43. The molecule has 120 valence electrons. The van der Waals surface area contributed by atoms with E-state index in [1.165, 1.54) is 0 Å². The first-order valence-corrected chi connectivity index (χ1v) is 8.30. The molecule has 0 bridgehead atoms. The number of rotatable bonds is 3. The first kappa shape index (κ1) is 15.8. The first-order chi connectivity index (χ1) is 11.0. The van der Waals surface area contributed by atoms with Gasteiger partial charge < -0.3 is 4.57 Å². The molecule has 3 rings (SSSR count). The Bertz CT molecular complexity index is 736. The van der Waals surface area contributed by atoms with Crippen molar-refractivity contribution in [2.45, 2.75) is 24.7 Å². The zero-order valence-corrected chi connectivity index (χ0v) is 14.4. The average Bonchev–Trinajstić information content (AvgIpc) is 2.83. The Hall–Kier alpha value is -2.08. The molecule has 23 heavy (non-hydrogen) atoms. The molecule has 1 aromatic heterocycles. The SMILES string of the molecule is Cn1cc(Br)cc1C(=O)NNC(=O)C1(c2ccccc2)CCC1. The molecule has 5 nitrogen and oxygen atoms in total. The zero-order valence-electron chi connectivity index (χ0n) is 12.8. The lowest BCUT2D eigenvalue weighted by molar-refractivity contribution is -0.130. The molecule has 2 N–H and O–H groups in total. The fourth-order valence-corrected chi connectivity index (χ4v) is 3.51. The van der Waals surface area contributed by atoms with Crippen LogP contribution in [0.5, 0.6) is 0 Å². The number of hydrogen-bond acceptors (Lipinski definition) is 2. The topological polar surface area (TPSA) is 63.1 Å². The van der Waals surface area contributed by atoms with Gasteiger partial charge in [0.2, 0.25) is 5.91 Å². The van der Waals surface area contributed by atoms with Crippen LogP contribution < -0.4 is 10.9 Å². The maximum atomic E-state index is 12.6. The fourth-order valence-electron chi connectivity index (χ4n) is 2.98. The van der Waals surface area contributed by atoms with Gasteiger partial charge in [0.1, 0.15) is 5.69 Å². The Morgan fingerprint density at radius 3 is 2.39 bits per heavy atom. The summed E-state index contributed by atoms with van der Waals surface area (Å²) >= 11 is 3.33. The number of aromatic nitrogens is 1. The maximum Gasteiger partial charge on any atom is 0.286 e. The summed E-state index contributed by atoms with van der Waals surface area (Å²) in [6, 6.07) is 11.4. The summed E-state index contributed by atoms with van der Waals surface area (Å²) < 4.78 is 2.51. The van der Waals surface area contributed by atoms with Gasteiger partial charge in [-0.3, -0.25) is 20.4 Å². The largest absolute Gasteiger partial charge is 0.345 e. The lowest BCUT2D eigenvalue weighted by atomic mass is 9.64. The van der Waals surface area contributed by atoms with E-state index in [1.54, 1.807) is 23.9 Å². The van der Waals surface area contributed by atoms with Crippen LogP contribution in [-0.4, -0.2) is 16.4 Å². The predicted molar refractivity (Wildman–Crippen MR) is 90.7 cm³/mol. The smallest absolute Gasteiger partial charge is 0.286 e. The van der Waals surface area contributed by atoms with Gasteiger partial charge in [-0.15, -0.1) is 0 Å². The number of nitrogens with zero attached hydrogens (tertiary/aromatic N) is 1. The number of benzene rings is 1. The van der Waals surface area contributed by atoms with Gasteiger partial charge in [0.25, 0.3) is 5.91 Å². The van der Waals surface area contributed by atoms with Gasteiger partial charge in [0.05, 0.1) is 5.41 Å². The molecule has 0 spiro atoms. The first-order valence-electron chi connectivity index (χ1n) is 7.51. The number of amides is 2. The highest BCUT2D eigenvalue weighted by molar-refractivity contribution is 9.10. The monoisotopic (exact) mass is 375 g/mol. The molecule has 0 saturated heterocycles. The van der Waals surface area contributed by atoms with Gasteiger partial charge in [0.15, 0.2) is 0 Å². The number of hydrogen-bond donors (Lipinski definition) is 2. The highest BCUT2D eigenvalue weighted by Gasteiger charge is 2.45. The second-order valence-electron chi connectivity index (χ2n) is 5.86. The molecule has 2 aromatic rings. The Morgan fingerprint density at radius 2 is 1.87 bits per heavy atom. The molecule has 1 fully saturated rings. The molecule has 2 amide bonds.